The summed E-state index contributed by atoms with van der Waals surface area (Å²) in [5, 5.41) is 27.8. The average Bonchev–Trinajstić information content (AvgIpc) is 3.25. The van der Waals surface area contributed by atoms with Gasteiger partial charge in [-0.2, -0.15) is 0 Å². The number of carbonyl (C=O) groups excluding carboxylic acids is 1. The second-order valence-electron chi connectivity index (χ2n) is 4.81. The first-order chi connectivity index (χ1) is 12.4. The van der Waals surface area contributed by atoms with E-state index in [0.717, 1.165) is 28.3 Å². The van der Waals surface area contributed by atoms with Gasteiger partial charge in [0.05, 0.1) is 26.0 Å². The smallest absolute Gasteiger partial charge is 0.295 e. The molecular formula is C14H7ClN4O5S2. The van der Waals surface area contributed by atoms with Gasteiger partial charge in [0.15, 0.2) is 10.2 Å². The van der Waals surface area contributed by atoms with Gasteiger partial charge in [0.2, 0.25) is 0 Å². The van der Waals surface area contributed by atoms with E-state index in [0.29, 0.717) is 5.69 Å². The van der Waals surface area contributed by atoms with Gasteiger partial charge < -0.3 is 0 Å². The van der Waals surface area contributed by atoms with E-state index in [1.165, 1.54) is 11.3 Å². The lowest BCUT2D eigenvalue weighted by Crippen LogP contribution is -2.12. The maximum Gasteiger partial charge on any atom is 0.295 e. The molecule has 2 heterocycles. The highest BCUT2D eigenvalue weighted by molar-refractivity contribution is 7.16. The highest BCUT2D eigenvalue weighted by Crippen LogP contribution is 2.35. The third-order valence-electron chi connectivity index (χ3n) is 3.19. The normalized spacial score (nSPS) is 10.5. The van der Waals surface area contributed by atoms with Crippen molar-refractivity contribution in [3.63, 3.8) is 0 Å². The first-order valence-corrected chi connectivity index (χ1v) is 8.93. The van der Waals surface area contributed by atoms with Crippen molar-refractivity contribution in [2.75, 3.05) is 5.32 Å². The quantitative estimate of drug-likeness (QED) is 0.483. The number of anilines is 1. The molecule has 1 amide bonds. The highest BCUT2D eigenvalue weighted by atomic mass is 35.5. The standard InChI is InChI=1S/C14H7ClN4O5S2/c15-12-9(18(21)22)4-7(5-10(12)19(23)24)13(20)17-14-16-8(6-26-14)11-2-1-3-25-11/h1-6H,(H,16,17,20). The van der Waals surface area contributed by atoms with Crippen molar-refractivity contribution in [1.82, 2.24) is 4.98 Å². The summed E-state index contributed by atoms with van der Waals surface area (Å²) in [5.41, 5.74) is -1.03. The Bertz CT molecular complexity index is 983. The van der Waals surface area contributed by atoms with Crippen LogP contribution >= 0.6 is 34.3 Å². The monoisotopic (exact) mass is 410 g/mol. The summed E-state index contributed by atoms with van der Waals surface area (Å²) in [5.74, 6) is -0.764. The number of thiophene rings is 1. The molecule has 0 atom stereocenters. The Morgan fingerprint density at radius 2 is 1.81 bits per heavy atom. The molecule has 0 fully saturated rings. The molecule has 26 heavy (non-hydrogen) atoms. The van der Waals surface area contributed by atoms with Crippen molar-refractivity contribution < 1.29 is 14.6 Å². The van der Waals surface area contributed by atoms with Crippen LogP contribution in [0, 0.1) is 20.2 Å². The van der Waals surface area contributed by atoms with E-state index in [1.54, 1.807) is 5.38 Å². The molecule has 12 heteroatoms. The van der Waals surface area contributed by atoms with Gasteiger partial charge in [0.25, 0.3) is 17.3 Å². The number of rotatable bonds is 5. The minimum absolute atomic E-state index is 0.263. The van der Waals surface area contributed by atoms with Crippen LogP contribution in [0.3, 0.4) is 0 Å². The van der Waals surface area contributed by atoms with Crippen LogP contribution < -0.4 is 5.32 Å². The molecule has 0 unspecified atom stereocenters. The van der Waals surface area contributed by atoms with Gasteiger partial charge in [0, 0.05) is 17.5 Å². The van der Waals surface area contributed by atoms with Crippen LogP contribution in [-0.4, -0.2) is 20.7 Å². The number of carbonyl (C=O) groups is 1. The number of nitro groups is 2. The molecule has 3 aromatic rings. The summed E-state index contributed by atoms with van der Waals surface area (Å²) >= 11 is 8.32. The molecule has 132 valence electrons. The first-order valence-electron chi connectivity index (χ1n) is 6.80. The van der Waals surface area contributed by atoms with Crippen LogP contribution in [0.5, 0.6) is 0 Å². The van der Waals surface area contributed by atoms with Gasteiger partial charge in [-0.3, -0.25) is 30.3 Å². The SMILES string of the molecule is O=C(Nc1nc(-c2cccs2)cs1)c1cc([N+](=O)[O-])c(Cl)c([N+](=O)[O-])c1. The Kier molecular flexibility index (Phi) is 4.93. The molecular weight excluding hydrogens is 404 g/mol. The van der Waals surface area contributed by atoms with E-state index in [9.17, 15) is 25.0 Å². The highest BCUT2D eigenvalue weighted by Gasteiger charge is 2.27. The maximum atomic E-state index is 12.3. The van der Waals surface area contributed by atoms with Crippen molar-refractivity contribution in [2.24, 2.45) is 0 Å². The number of aromatic nitrogens is 1. The molecule has 0 aliphatic heterocycles. The zero-order chi connectivity index (χ0) is 18.8. The summed E-state index contributed by atoms with van der Waals surface area (Å²) in [6.45, 7) is 0. The number of nitrogens with one attached hydrogen (secondary N) is 1. The minimum Gasteiger partial charge on any atom is -0.298 e. The summed E-state index contributed by atoms with van der Waals surface area (Å²) in [4.78, 5) is 37.8. The number of hydrogen-bond acceptors (Lipinski definition) is 8. The number of nitro benzene ring substituents is 2. The molecule has 3 rings (SSSR count). The summed E-state index contributed by atoms with van der Waals surface area (Å²) in [7, 11) is 0. The fourth-order valence-electron chi connectivity index (χ4n) is 2.03. The molecule has 0 saturated carbocycles. The van der Waals surface area contributed by atoms with Crippen LogP contribution in [0.1, 0.15) is 10.4 Å². The van der Waals surface area contributed by atoms with Crippen molar-refractivity contribution in [1.29, 1.82) is 0 Å². The molecule has 1 N–H and O–H groups in total. The number of halogens is 1. The second-order valence-corrected chi connectivity index (χ2v) is 7.00. The third-order valence-corrected chi connectivity index (χ3v) is 5.23. The van der Waals surface area contributed by atoms with Gasteiger partial charge in [0.1, 0.15) is 0 Å². The Morgan fingerprint density at radius 3 is 2.35 bits per heavy atom. The lowest BCUT2D eigenvalue weighted by molar-refractivity contribution is -0.393. The van der Waals surface area contributed by atoms with E-state index in [-0.39, 0.29) is 10.7 Å². The van der Waals surface area contributed by atoms with Crippen LogP contribution in [0.4, 0.5) is 16.5 Å². The predicted octanol–water partition coefficient (Wildman–Crippen LogP) is 4.59. The molecule has 9 nitrogen and oxygen atoms in total. The average molecular weight is 411 g/mol. The van der Waals surface area contributed by atoms with E-state index in [2.05, 4.69) is 10.3 Å². The van der Waals surface area contributed by atoms with Crippen molar-refractivity contribution >= 4 is 56.7 Å². The third kappa shape index (κ3) is 3.54. The summed E-state index contributed by atoms with van der Waals surface area (Å²) < 4.78 is 0. The van der Waals surface area contributed by atoms with E-state index < -0.39 is 32.2 Å². The minimum atomic E-state index is -0.885. The fourth-order valence-corrected chi connectivity index (χ4v) is 3.74. The van der Waals surface area contributed by atoms with Gasteiger partial charge in [-0.05, 0) is 11.4 Å². The number of hydrogen-bond donors (Lipinski definition) is 1. The zero-order valence-electron chi connectivity index (χ0n) is 12.5. The van der Waals surface area contributed by atoms with Gasteiger partial charge in [-0.25, -0.2) is 4.98 Å². The lowest BCUT2D eigenvalue weighted by atomic mass is 10.1. The fraction of sp³-hybridized carbons (Fsp3) is 0. The Balaban J connectivity index is 1.90. The Hall–Kier alpha value is -2.89. The molecule has 0 radical (unpaired) electrons. The molecule has 0 bridgehead atoms. The zero-order valence-corrected chi connectivity index (χ0v) is 14.9. The number of benzene rings is 1. The molecule has 0 aliphatic carbocycles. The van der Waals surface area contributed by atoms with E-state index in [4.69, 9.17) is 11.6 Å². The molecule has 0 aliphatic rings. The van der Waals surface area contributed by atoms with Crippen molar-refractivity contribution in [2.45, 2.75) is 0 Å². The summed E-state index contributed by atoms with van der Waals surface area (Å²) in [6.07, 6.45) is 0. The Labute approximate surface area is 158 Å². The molecule has 1 aromatic carbocycles. The van der Waals surface area contributed by atoms with Crippen LogP contribution in [-0.2, 0) is 0 Å². The van der Waals surface area contributed by atoms with Gasteiger partial charge in [-0.15, -0.1) is 22.7 Å². The largest absolute Gasteiger partial charge is 0.298 e. The molecule has 0 spiro atoms. The lowest BCUT2D eigenvalue weighted by Gasteiger charge is -2.04. The van der Waals surface area contributed by atoms with Crippen LogP contribution in [0.2, 0.25) is 5.02 Å². The maximum absolute atomic E-state index is 12.3. The van der Waals surface area contributed by atoms with Crippen LogP contribution in [0.25, 0.3) is 10.6 Å². The Morgan fingerprint density at radius 1 is 1.15 bits per heavy atom. The number of amides is 1. The second kappa shape index (κ2) is 7.15. The molecule has 2 aromatic heterocycles. The van der Waals surface area contributed by atoms with E-state index in [1.807, 2.05) is 17.5 Å². The summed E-state index contributed by atoms with van der Waals surface area (Å²) in [6, 6.07) is 5.51. The van der Waals surface area contributed by atoms with E-state index >= 15 is 0 Å². The van der Waals surface area contributed by atoms with Gasteiger partial charge >= 0.3 is 0 Å². The molecule has 0 saturated heterocycles. The van der Waals surface area contributed by atoms with Crippen LogP contribution in [0.15, 0.2) is 35.0 Å². The predicted molar refractivity (Wildman–Crippen MR) is 98.1 cm³/mol. The van der Waals surface area contributed by atoms with Gasteiger partial charge in [-0.1, -0.05) is 17.7 Å². The van der Waals surface area contributed by atoms with Crippen molar-refractivity contribution in [3.8, 4) is 10.6 Å². The first kappa shape index (κ1) is 17.9. The topological polar surface area (TPSA) is 128 Å². The number of nitrogens with zero attached hydrogens (tertiary/aromatic N) is 3. The number of thiazole rings is 1. The van der Waals surface area contributed by atoms with Crippen molar-refractivity contribution in [3.05, 3.63) is 65.8 Å².